The second-order valence-electron chi connectivity index (χ2n) is 12.9. The van der Waals surface area contributed by atoms with Crippen molar-refractivity contribution in [2.24, 2.45) is 22.2 Å². The number of carbonyl (C=O) groups is 9. The van der Waals surface area contributed by atoms with Crippen LogP contribution in [0.3, 0.4) is 0 Å². The average Bonchev–Trinajstić information content (AvgIpc) is 3.70. The van der Waals surface area contributed by atoms with Crippen LogP contribution in [0.1, 0.15) is 31.2 Å². The molecule has 1 saturated heterocycles. The van der Waals surface area contributed by atoms with Gasteiger partial charge in [0.1, 0.15) is 24.2 Å². The van der Waals surface area contributed by atoms with E-state index in [9.17, 15) is 43.2 Å². The van der Waals surface area contributed by atoms with Crippen molar-refractivity contribution in [3.05, 3.63) is 35.9 Å². The van der Waals surface area contributed by atoms with E-state index in [1.54, 1.807) is 30.3 Å². The van der Waals surface area contributed by atoms with E-state index < -0.39 is 110 Å². The number of benzene rings is 1. The van der Waals surface area contributed by atoms with E-state index >= 15 is 0 Å². The van der Waals surface area contributed by atoms with Crippen molar-refractivity contribution in [2.75, 3.05) is 50.8 Å². The van der Waals surface area contributed by atoms with Gasteiger partial charge in [0.15, 0.2) is 5.96 Å². The minimum Gasteiger partial charge on any atom is -0.480 e. The predicted octanol–water partition coefficient (Wildman–Crippen LogP) is -5.54. The molecule has 0 unspecified atom stereocenters. The first-order chi connectivity index (χ1) is 27.6. The standard InChI is InChI=1S/C34H52N12O10S2/c35-20(17-57)29(51)41-13-25(47)39-15-27(49)43-21(8-4-10-38-34(36)37)32(54)46-11-5-9-24(46)31(53)45-22(12-19-6-2-1-3-7-19)30(52)42-14-26(48)40-16-28(50)44-23(18-58)33(55)56/h1-3,6-7,20-24,57-58H,4-5,8-18,35H2,(H,39,47)(H,40,48)(H,41,51)(H,42,52)(H,43,49)(H,44,50)(H,45,53)(H,55,56)(H4,36,37,38)/t20-,21-,22-,23-,24-/m0/s1. The second-order valence-corrected chi connectivity index (χ2v) is 13.7. The molecule has 0 bridgehead atoms. The summed E-state index contributed by atoms with van der Waals surface area (Å²) < 4.78 is 0. The maximum Gasteiger partial charge on any atom is 0.327 e. The number of carboxylic acids is 1. The van der Waals surface area contributed by atoms with Crippen LogP contribution in [-0.2, 0) is 49.6 Å². The molecule has 1 aliphatic heterocycles. The van der Waals surface area contributed by atoms with Crippen LogP contribution in [0.5, 0.6) is 0 Å². The third-order valence-electron chi connectivity index (χ3n) is 8.42. The van der Waals surface area contributed by atoms with Crippen molar-refractivity contribution in [3.8, 4) is 0 Å². The Morgan fingerprint density at radius 2 is 1.33 bits per heavy atom. The predicted molar refractivity (Wildman–Crippen MR) is 216 cm³/mol. The van der Waals surface area contributed by atoms with Gasteiger partial charge < -0.3 is 64.4 Å². The summed E-state index contributed by atoms with van der Waals surface area (Å²) in [6.45, 7) is -1.89. The van der Waals surface area contributed by atoms with Gasteiger partial charge in [0.05, 0.1) is 32.2 Å². The number of carbonyl (C=O) groups excluding carboxylic acids is 8. The number of nitrogens with one attached hydrogen (secondary N) is 7. The van der Waals surface area contributed by atoms with Crippen LogP contribution >= 0.6 is 25.3 Å². The molecule has 0 spiro atoms. The van der Waals surface area contributed by atoms with Crippen LogP contribution in [-0.4, -0.2) is 150 Å². The van der Waals surface area contributed by atoms with E-state index in [2.05, 4.69) is 67.5 Å². The highest BCUT2D eigenvalue weighted by molar-refractivity contribution is 7.80. The lowest BCUT2D eigenvalue weighted by Gasteiger charge is -2.30. The van der Waals surface area contributed by atoms with Gasteiger partial charge in [0, 0.05) is 31.0 Å². The van der Waals surface area contributed by atoms with Gasteiger partial charge in [0.25, 0.3) is 0 Å². The number of thiol groups is 2. The van der Waals surface area contributed by atoms with Gasteiger partial charge in [-0.2, -0.15) is 25.3 Å². The van der Waals surface area contributed by atoms with Crippen LogP contribution in [0, 0.1) is 0 Å². The summed E-state index contributed by atoms with van der Waals surface area (Å²) in [5.74, 6) is -7.23. The lowest BCUT2D eigenvalue weighted by atomic mass is 10.0. The Balaban J connectivity index is 2.12. The van der Waals surface area contributed by atoms with Gasteiger partial charge >= 0.3 is 5.97 Å². The highest BCUT2D eigenvalue weighted by atomic mass is 32.1. The average molecular weight is 853 g/mol. The molecule has 1 aliphatic rings. The van der Waals surface area contributed by atoms with Gasteiger partial charge in [0.2, 0.25) is 47.3 Å². The number of amides is 8. The van der Waals surface area contributed by atoms with Crippen molar-refractivity contribution in [2.45, 2.75) is 62.3 Å². The van der Waals surface area contributed by atoms with Crippen LogP contribution in [0.15, 0.2) is 35.3 Å². The number of carboxylic acid groups (broad SMARTS) is 1. The molecule has 0 saturated carbocycles. The molecule has 14 N–H and O–H groups in total. The minimum atomic E-state index is -1.31. The number of hydrogen-bond acceptors (Lipinski definition) is 13. The summed E-state index contributed by atoms with van der Waals surface area (Å²) in [5, 5.41) is 25.9. The number of nitrogens with zero attached hydrogens (tertiary/aromatic N) is 2. The summed E-state index contributed by atoms with van der Waals surface area (Å²) in [4.78, 5) is 119. The first-order valence-corrected chi connectivity index (χ1v) is 19.4. The third-order valence-corrected chi connectivity index (χ3v) is 9.18. The van der Waals surface area contributed by atoms with E-state index in [1.807, 2.05) is 0 Å². The van der Waals surface area contributed by atoms with Gasteiger partial charge in [-0.25, -0.2) is 4.79 Å². The Morgan fingerprint density at radius 3 is 1.88 bits per heavy atom. The zero-order valence-corrected chi connectivity index (χ0v) is 33.4. The fourth-order valence-corrected chi connectivity index (χ4v) is 5.84. The van der Waals surface area contributed by atoms with Gasteiger partial charge in [-0.05, 0) is 31.2 Å². The van der Waals surface area contributed by atoms with Crippen LogP contribution < -0.4 is 54.4 Å². The minimum absolute atomic E-state index is 0.00424. The highest BCUT2D eigenvalue weighted by Crippen LogP contribution is 2.20. The van der Waals surface area contributed by atoms with E-state index in [0.717, 1.165) is 0 Å². The molecule has 320 valence electrons. The number of rotatable bonds is 24. The Hall–Kier alpha value is -5.62. The summed E-state index contributed by atoms with van der Waals surface area (Å²) >= 11 is 7.78. The summed E-state index contributed by atoms with van der Waals surface area (Å²) in [7, 11) is 0. The molecule has 22 nitrogen and oxygen atoms in total. The Bertz CT molecular complexity index is 1650. The summed E-state index contributed by atoms with van der Waals surface area (Å²) in [6, 6.07) is 3.06. The zero-order chi connectivity index (χ0) is 43.2. The van der Waals surface area contributed by atoms with E-state index in [0.29, 0.717) is 12.0 Å². The second kappa shape index (κ2) is 25.6. The monoisotopic (exact) mass is 852 g/mol. The SMILES string of the molecule is NC(N)=NCCC[C@H](NC(=O)CNC(=O)CNC(=O)[C@@H](N)CS)C(=O)N1CCC[C@H]1C(=O)N[C@@H](Cc1ccccc1)C(=O)NCC(=O)NCC(=O)N[C@@H](CS)C(=O)O. The van der Waals surface area contributed by atoms with Gasteiger partial charge in [-0.3, -0.25) is 43.3 Å². The van der Waals surface area contributed by atoms with Crippen LogP contribution in [0.25, 0.3) is 0 Å². The molecule has 1 heterocycles. The number of nitrogens with two attached hydrogens (primary N) is 3. The lowest BCUT2D eigenvalue weighted by molar-refractivity contribution is -0.142. The van der Waals surface area contributed by atoms with Crippen molar-refractivity contribution < 1.29 is 48.3 Å². The number of aliphatic carboxylic acids is 1. The Morgan fingerprint density at radius 1 is 0.759 bits per heavy atom. The maximum atomic E-state index is 13.9. The maximum absolute atomic E-state index is 13.9. The molecule has 0 aliphatic carbocycles. The van der Waals surface area contributed by atoms with Crippen LogP contribution in [0.4, 0.5) is 0 Å². The first kappa shape index (κ1) is 48.5. The summed E-state index contributed by atoms with van der Waals surface area (Å²) in [6.07, 6.45) is 0.950. The molecular weight excluding hydrogens is 801 g/mol. The smallest absolute Gasteiger partial charge is 0.327 e. The molecule has 5 atom stereocenters. The highest BCUT2D eigenvalue weighted by Gasteiger charge is 2.39. The molecule has 24 heteroatoms. The fourth-order valence-electron chi connectivity index (χ4n) is 5.42. The Kier molecular flexibility index (Phi) is 21.4. The molecule has 1 aromatic rings. The molecule has 1 aromatic carbocycles. The molecule has 58 heavy (non-hydrogen) atoms. The molecule has 1 fully saturated rings. The molecule has 0 radical (unpaired) electrons. The molecule has 2 rings (SSSR count). The molecular formula is C34H52N12O10S2. The quantitative estimate of drug-likeness (QED) is 0.0200. The summed E-state index contributed by atoms with van der Waals surface area (Å²) in [5.41, 5.74) is 17.0. The van der Waals surface area contributed by atoms with Gasteiger partial charge in [-0.15, -0.1) is 0 Å². The zero-order valence-electron chi connectivity index (χ0n) is 31.6. The van der Waals surface area contributed by atoms with E-state index in [-0.39, 0.29) is 56.2 Å². The third kappa shape index (κ3) is 17.7. The molecule has 0 aromatic heterocycles. The van der Waals surface area contributed by atoms with Gasteiger partial charge in [-0.1, -0.05) is 30.3 Å². The largest absolute Gasteiger partial charge is 0.480 e. The normalized spacial score (nSPS) is 15.3. The van der Waals surface area contributed by atoms with Crippen molar-refractivity contribution in [1.82, 2.24) is 42.1 Å². The van der Waals surface area contributed by atoms with Crippen molar-refractivity contribution in [3.63, 3.8) is 0 Å². The lowest BCUT2D eigenvalue weighted by Crippen LogP contribution is -2.57. The Labute approximate surface area is 345 Å². The molecule has 8 amide bonds. The number of aliphatic imine (C=N–C) groups is 1. The number of likely N-dealkylation sites (tertiary alicyclic amines) is 1. The first-order valence-electron chi connectivity index (χ1n) is 18.1. The fraction of sp³-hybridized carbons (Fsp3) is 0.529. The van der Waals surface area contributed by atoms with E-state index in [4.69, 9.17) is 22.3 Å². The number of hydrogen-bond donors (Lipinski definition) is 13. The van der Waals surface area contributed by atoms with Crippen molar-refractivity contribution >= 4 is 84.4 Å². The van der Waals surface area contributed by atoms with Crippen molar-refractivity contribution in [1.29, 1.82) is 0 Å². The van der Waals surface area contributed by atoms with Crippen LogP contribution in [0.2, 0.25) is 0 Å². The number of guanidine groups is 1. The van der Waals surface area contributed by atoms with E-state index in [1.165, 1.54) is 4.90 Å². The topological polar surface area (TPSA) is 352 Å².